The zero-order valence-corrected chi connectivity index (χ0v) is 16.3. The fourth-order valence-corrected chi connectivity index (χ4v) is 3.55. The van der Waals surface area contributed by atoms with Gasteiger partial charge in [-0.1, -0.05) is 12.1 Å². The van der Waals surface area contributed by atoms with Crippen LogP contribution in [-0.2, 0) is 0 Å². The maximum Gasteiger partial charge on any atom is 0.405 e. The number of H-pyrrole nitrogens is 1. The van der Waals surface area contributed by atoms with Crippen molar-refractivity contribution >= 4 is 22.8 Å². The molecule has 1 fully saturated rings. The van der Waals surface area contributed by atoms with E-state index in [2.05, 4.69) is 20.2 Å². The highest BCUT2D eigenvalue weighted by atomic mass is 19.4. The Hall–Kier alpha value is -3.50. The molecule has 0 aliphatic carbocycles. The Balaban J connectivity index is 1.35. The first-order chi connectivity index (χ1) is 14.8. The molecule has 0 spiro atoms. The van der Waals surface area contributed by atoms with E-state index in [1.54, 1.807) is 16.3 Å². The summed E-state index contributed by atoms with van der Waals surface area (Å²) in [6.45, 7) is -0.453. The Kier molecular flexibility index (Phi) is 5.57. The number of aromatic amines is 1. The number of halogens is 3. The molecule has 8 nitrogen and oxygen atoms in total. The number of carbonyl (C=O) groups is 2. The Morgan fingerprint density at radius 3 is 2.55 bits per heavy atom. The van der Waals surface area contributed by atoms with Gasteiger partial charge in [-0.3, -0.25) is 19.7 Å². The minimum absolute atomic E-state index is 0.0170. The molecular formula is C20H19F3N6O2. The zero-order valence-electron chi connectivity index (χ0n) is 16.3. The average Bonchev–Trinajstić information content (AvgIpc) is 3.27. The first-order valence-corrected chi connectivity index (χ1v) is 9.71. The summed E-state index contributed by atoms with van der Waals surface area (Å²) in [5, 5.41) is 8.35. The SMILES string of the molecule is O=C(NCC(F)(F)F)c1cc(C2CCN(C(=O)c3cnc4ccccc4n3)CC2)[nH]n1. The largest absolute Gasteiger partial charge is 0.405 e. The highest BCUT2D eigenvalue weighted by Crippen LogP contribution is 2.28. The number of piperidine rings is 1. The second-order valence-electron chi connectivity index (χ2n) is 7.32. The van der Waals surface area contributed by atoms with Crippen LogP contribution >= 0.6 is 0 Å². The van der Waals surface area contributed by atoms with Gasteiger partial charge in [0.25, 0.3) is 11.8 Å². The second kappa shape index (κ2) is 8.32. The van der Waals surface area contributed by atoms with Gasteiger partial charge in [0.15, 0.2) is 0 Å². The van der Waals surface area contributed by atoms with Crippen LogP contribution in [0, 0.1) is 0 Å². The van der Waals surface area contributed by atoms with Crippen LogP contribution in [0.2, 0.25) is 0 Å². The van der Waals surface area contributed by atoms with Gasteiger partial charge in [0.05, 0.1) is 17.2 Å². The molecule has 1 aliphatic rings. The quantitative estimate of drug-likeness (QED) is 0.660. The van der Waals surface area contributed by atoms with Gasteiger partial charge in [0, 0.05) is 24.7 Å². The molecule has 0 saturated carbocycles. The highest BCUT2D eigenvalue weighted by molar-refractivity contribution is 5.94. The molecule has 0 atom stereocenters. The van der Waals surface area contributed by atoms with E-state index in [0.717, 1.165) is 0 Å². The second-order valence-corrected chi connectivity index (χ2v) is 7.32. The molecule has 0 unspecified atom stereocenters. The number of fused-ring (bicyclic) bond motifs is 1. The van der Waals surface area contributed by atoms with E-state index in [-0.39, 0.29) is 23.2 Å². The molecular weight excluding hydrogens is 413 g/mol. The third kappa shape index (κ3) is 4.81. The topological polar surface area (TPSA) is 104 Å². The van der Waals surface area contributed by atoms with Crippen LogP contribution < -0.4 is 5.32 Å². The van der Waals surface area contributed by atoms with E-state index in [0.29, 0.717) is 42.7 Å². The van der Waals surface area contributed by atoms with Gasteiger partial charge in [-0.05, 0) is 31.0 Å². The number of hydrogen-bond acceptors (Lipinski definition) is 5. The van der Waals surface area contributed by atoms with E-state index < -0.39 is 18.6 Å². The third-order valence-corrected chi connectivity index (χ3v) is 5.17. The molecule has 31 heavy (non-hydrogen) atoms. The first kappa shape index (κ1) is 20.8. The van der Waals surface area contributed by atoms with Gasteiger partial charge >= 0.3 is 6.18 Å². The van der Waals surface area contributed by atoms with Gasteiger partial charge in [0.1, 0.15) is 17.9 Å². The Morgan fingerprint density at radius 2 is 1.84 bits per heavy atom. The normalized spacial score (nSPS) is 15.3. The average molecular weight is 432 g/mol. The molecule has 0 radical (unpaired) electrons. The molecule has 1 aromatic carbocycles. The van der Waals surface area contributed by atoms with Crippen molar-refractivity contribution in [2.24, 2.45) is 0 Å². The number of carbonyl (C=O) groups excluding carboxylic acids is 2. The fourth-order valence-electron chi connectivity index (χ4n) is 3.55. The molecule has 3 aromatic rings. The molecule has 3 heterocycles. The van der Waals surface area contributed by atoms with Crippen molar-refractivity contribution in [3.63, 3.8) is 0 Å². The van der Waals surface area contributed by atoms with Gasteiger partial charge in [-0.15, -0.1) is 0 Å². The van der Waals surface area contributed by atoms with Crippen LogP contribution in [0.4, 0.5) is 13.2 Å². The Bertz CT molecular complexity index is 1110. The van der Waals surface area contributed by atoms with Crippen molar-refractivity contribution in [1.82, 2.24) is 30.4 Å². The highest BCUT2D eigenvalue weighted by Gasteiger charge is 2.30. The third-order valence-electron chi connectivity index (χ3n) is 5.17. The summed E-state index contributed by atoms with van der Waals surface area (Å²) in [5.41, 5.74) is 2.21. The van der Waals surface area contributed by atoms with Crippen LogP contribution in [0.3, 0.4) is 0 Å². The monoisotopic (exact) mass is 432 g/mol. The van der Waals surface area contributed by atoms with Gasteiger partial charge in [-0.25, -0.2) is 4.98 Å². The number of hydrogen-bond donors (Lipinski definition) is 2. The lowest BCUT2D eigenvalue weighted by Crippen LogP contribution is -2.38. The summed E-state index contributed by atoms with van der Waals surface area (Å²) in [6.07, 6.45) is -1.77. The van der Waals surface area contributed by atoms with Crippen molar-refractivity contribution in [2.75, 3.05) is 19.6 Å². The molecule has 11 heteroatoms. The van der Waals surface area contributed by atoms with Gasteiger partial charge in [-0.2, -0.15) is 18.3 Å². The van der Waals surface area contributed by atoms with Crippen LogP contribution in [0.25, 0.3) is 11.0 Å². The molecule has 1 saturated heterocycles. The summed E-state index contributed by atoms with van der Waals surface area (Å²) >= 11 is 0. The molecule has 2 aromatic heterocycles. The lowest BCUT2D eigenvalue weighted by atomic mass is 9.93. The fraction of sp³-hybridized carbons (Fsp3) is 0.350. The number of benzene rings is 1. The Labute approximate surface area is 174 Å². The number of para-hydroxylation sites is 2. The molecule has 2 amide bonds. The molecule has 0 bridgehead atoms. The number of rotatable bonds is 4. The van der Waals surface area contributed by atoms with Crippen molar-refractivity contribution in [3.8, 4) is 0 Å². The summed E-state index contributed by atoms with van der Waals surface area (Å²) < 4.78 is 36.7. The number of aromatic nitrogens is 4. The lowest BCUT2D eigenvalue weighted by Gasteiger charge is -2.31. The van der Waals surface area contributed by atoms with Crippen molar-refractivity contribution in [1.29, 1.82) is 0 Å². The van der Waals surface area contributed by atoms with Crippen LogP contribution in [0.1, 0.15) is 45.4 Å². The number of nitrogens with zero attached hydrogens (tertiary/aromatic N) is 4. The minimum atomic E-state index is -4.48. The summed E-state index contributed by atoms with van der Waals surface area (Å²) in [5.74, 6) is -1.07. The van der Waals surface area contributed by atoms with Crippen molar-refractivity contribution in [3.05, 3.63) is 53.6 Å². The number of nitrogens with one attached hydrogen (secondary N) is 2. The van der Waals surface area contributed by atoms with Crippen LogP contribution in [-0.4, -0.2) is 62.7 Å². The van der Waals surface area contributed by atoms with E-state index >= 15 is 0 Å². The lowest BCUT2D eigenvalue weighted by molar-refractivity contribution is -0.123. The first-order valence-electron chi connectivity index (χ1n) is 9.71. The van der Waals surface area contributed by atoms with E-state index in [4.69, 9.17) is 0 Å². The number of alkyl halides is 3. The van der Waals surface area contributed by atoms with Crippen molar-refractivity contribution in [2.45, 2.75) is 24.9 Å². The maximum absolute atomic E-state index is 12.8. The van der Waals surface area contributed by atoms with Gasteiger partial charge in [0.2, 0.25) is 0 Å². The van der Waals surface area contributed by atoms with E-state index in [1.807, 2.05) is 18.2 Å². The molecule has 4 rings (SSSR count). The number of amides is 2. The van der Waals surface area contributed by atoms with E-state index in [1.165, 1.54) is 12.3 Å². The predicted molar refractivity (Wildman–Crippen MR) is 104 cm³/mol. The minimum Gasteiger partial charge on any atom is -0.342 e. The van der Waals surface area contributed by atoms with Crippen LogP contribution in [0.5, 0.6) is 0 Å². The summed E-state index contributed by atoms with van der Waals surface area (Å²) in [4.78, 5) is 35.0. The standard InChI is InChI=1S/C20H19F3N6O2/c21-20(22,23)11-25-18(30)16-9-15(27-28-16)12-5-7-29(8-6-12)19(31)17-10-24-13-3-1-2-4-14(13)26-17/h1-4,9-10,12H,5-8,11H2,(H,25,30)(H,27,28). The smallest absolute Gasteiger partial charge is 0.342 e. The predicted octanol–water partition coefficient (Wildman–Crippen LogP) is 2.66. The van der Waals surface area contributed by atoms with E-state index in [9.17, 15) is 22.8 Å². The molecule has 162 valence electrons. The number of likely N-dealkylation sites (tertiary alicyclic amines) is 1. The van der Waals surface area contributed by atoms with Crippen molar-refractivity contribution < 1.29 is 22.8 Å². The zero-order chi connectivity index (χ0) is 22.0. The van der Waals surface area contributed by atoms with Crippen LogP contribution in [0.15, 0.2) is 36.5 Å². The summed E-state index contributed by atoms with van der Waals surface area (Å²) in [6, 6.07) is 8.77. The molecule has 2 N–H and O–H groups in total. The summed E-state index contributed by atoms with van der Waals surface area (Å²) in [7, 11) is 0. The Morgan fingerprint density at radius 1 is 1.13 bits per heavy atom. The molecule has 1 aliphatic heterocycles. The maximum atomic E-state index is 12.8. The van der Waals surface area contributed by atoms with Gasteiger partial charge < -0.3 is 10.2 Å².